The van der Waals surface area contributed by atoms with E-state index in [9.17, 15) is 0 Å². The highest BCUT2D eigenvalue weighted by Gasteiger charge is 2.34. The smallest absolute Gasteiger partial charge is 0.226 e. The zero-order valence-electron chi connectivity index (χ0n) is 12.4. The molecule has 1 aliphatic rings. The first kappa shape index (κ1) is 15.0. The number of rotatable bonds is 7. The molecular formula is C14H23N3O3. The highest BCUT2D eigenvalue weighted by molar-refractivity contribution is 5.31. The maximum absolute atomic E-state index is 5.57. The van der Waals surface area contributed by atoms with Crippen LogP contribution in [0.5, 0.6) is 5.88 Å². The molecule has 1 fully saturated rings. The summed E-state index contributed by atoms with van der Waals surface area (Å²) in [5.41, 5.74) is 0.597. The molecular weight excluding hydrogens is 258 g/mol. The van der Waals surface area contributed by atoms with Gasteiger partial charge in [0, 0.05) is 38.4 Å². The molecule has 20 heavy (non-hydrogen) atoms. The van der Waals surface area contributed by atoms with E-state index < -0.39 is 0 Å². The van der Waals surface area contributed by atoms with Crippen molar-refractivity contribution in [3.8, 4) is 5.88 Å². The Labute approximate surface area is 119 Å². The summed E-state index contributed by atoms with van der Waals surface area (Å²) in [6.45, 7) is 6.61. The van der Waals surface area contributed by atoms with Crippen LogP contribution in [0.1, 0.15) is 25.5 Å². The lowest BCUT2D eigenvalue weighted by Gasteiger charge is -2.25. The van der Waals surface area contributed by atoms with Gasteiger partial charge in [-0.3, -0.25) is 0 Å². The summed E-state index contributed by atoms with van der Waals surface area (Å²) in [6, 6.07) is 1.84. The molecule has 1 aromatic rings. The van der Waals surface area contributed by atoms with E-state index in [1.807, 2.05) is 13.0 Å². The van der Waals surface area contributed by atoms with Gasteiger partial charge in [0.05, 0.1) is 13.2 Å². The van der Waals surface area contributed by atoms with E-state index in [0.29, 0.717) is 31.6 Å². The minimum atomic E-state index is -0.280. The van der Waals surface area contributed by atoms with Gasteiger partial charge in [-0.05, 0) is 13.3 Å². The monoisotopic (exact) mass is 281 g/mol. The van der Waals surface area contributed by atoms with Crippen molar-refractivity contribution in [2.24, 2.45) is 0 Å². The number of aromatic nitrogens is 2. The zero-order chi connectivity index (χ0) is 14.4. The number of hydrogen-bond acceptors (Lipinski definition) is 6. The van der Waals surface area contributed by atoms with Crippen LogP contribution in [0, 0.1) is 6.92 Å². The molecule has 1 saturated heterocycles. The molecule has 1 unspecified atom stereocenters. The Morgan fingerprint density at radius 2 is 2.30 bits per heavy atom. The van der Waals surface area contributed by atoms with Crippen molar-refractivity contribution < 1.29 is 14.2 Å². The van der Waals surface area contributed by atoms with Crippen LogP contribution in [-0.2, 0) is 9.47 Å². The van der Waals surface area contributed by atoms with Gasteiger partial charge in [0.15, 0.2) is 0 Å². The van der Waals surface area contributed by atoms with Crippen LogP contribution in [0.3, 0.4) is 0 Å². The first-order valence-corrected chi connectivity index (χ1v) is 7.03. The average Bonchev–Trinajstić information content (AvgIpc) is 2.92. The maximum atomic E-state index is 5.57. The summed E-state index contributed by atoms with van der Waals surface area (Å²) >= 11 is 0. The Morgan fingerprint density at radius 1 is 1.45 bits per heavy atom. The third-order valence-corrected chi connectivity index (χ3v) is 3.35. The van der Waals surface area contributed by atoms with Gasteiger partial charge in [0.25, 0.3) is 0 Å². The predicted molar refractivity (Wildman–Crippen MR) is 76.2 cm³/mol. The molecule has 6 nitrogen and oxygen atoms in total. The lowest BCUT2D eigenvalue weighted by molar-refractivity contribution is -0.00632. The van der Waals surface area contributed by atoms with E-state index in [1.54, 1.807) is 7.11 Å². The Morgan fingerprint density at radius 3 is 2.95 bits per heavy atom. The molecule has 0 aromatic carbocycles. The molecule has 0 bridgehead atoms. The van der Waals surface area contributed by atoms with E-state index in [4.69, 9.17) is 14.2 Å². The van der Waals surface area contributed by atoms with Crippen LogP contribution in [-0.4, -0.2) is 49.0 Å². The fourth-order valence-corrected chi connectivity index (χ4v) is 2.10. The summed E-state index contributed by atoms with van der Waals surface area (Å²) in [5, 5.41) is 3.23. The van der Waals surface area contributed by atoms with Crippen LogP contribution < -0.4 is 10.1 Å². The summed E-state index contributed by atoms with van der Waals surface area (Å²) < 4.78 is 16.5. The quantitative estimate of drug-likeness (QED) is 0.822. The fourth-order valence-electron chi connectivity index (χ4n) is 2.10. The van der Waals surface area contributed by atoms with Crippen LogP contribution in [0.2, 0.25) is 0 Å². The van der Waals surface area contributed by atoms with E-state index in [2.05, 4.69) is 22.2 Å². The molecule has 112 valence electrons. The highest BCUT2D eigenvalue weighted by atomic mass is 16.5. The number of hydrogen-bond donors (Lipinski definition) is 1. The van der Waals surface area contributed by atoms with Crippen molar-refractivity contribution in [3.63, 3.8) is 0 Å². The fraction of sp³-hybridized carbons (Fsp3) is 0.714. The molecule has 0 radical (unpaired) electrons. The van der Waals surface area contributed by atoms with E-state index in [0.717, 1.165) is 25.1 Å². The molecule has 1 N–H and O–H groups in total. The third kappa shape index (κ3) is 3.80. The molecule has 0 spiro atoms. The molecule has 1 atom stereocenters. The van der Waals surface area contributed by atoms with Crippen LogP contribution in [0.4, 0.5) is 5.95 Å². The van der Waals surface area contributed by atoms with Crippen LogP contribution in [0.15, 0.2) is 6.07 Å². The van der Waals surface area contributed by atoms with Gasteiger partial charge in [-0.2, -0.15) is 4.98 Å². The molecule has 0 saturated carbocycles. The van der Waals surface area contributed by atoms with Gasteiger partial charge in [0.2, 0.25) is 11.8 Å². The van der Waals surface area contributed by atoms with Gasteiger partial charge in [-0.1, -0.05) is 6.92 Å². The second-order valence-corrected chi connectivity index (χ2v) is 5.06. The van der Waals surface area contributed by atoms with Crippen molar-refractivity contribution in [2.75, 3.05) is 38.8 Å². The second kappa shape index (κ2) is 6.85. The average molecular weight is 281 g/mol. The first-order valence-electron chi connectivity index (χ1n) is 7.03. The lowest BCUT2D eigenvalue weighted by atomic mass is 10.0. The largest absolute Gasteiger partial charge is 0.478 e. The summed E-state index contributed by atoms with van der Waals surface area (Å²) in [5.74, 6) is 1.18. The lowest BCUT2D eigenvalue weighted by Crippen LogP contribution is -2.40. The van der Waals surface area contributed by atoms with E-state index in [1.165, 1.54) is 0 Å². The molecule has 1 aliphatic heterocycles. The number of nitrogens with one attached hydrogen (secondary N) is 1. The zero-order valence-corrected chi connectivity index (χ0v) is 12.4. The molecule has 6 heteroatoms. The number of methoxy groups -OCH3 is 1. The molecule has 2 rings (SSSR count). The normalized spacial score (nSPS) is 21.9. The van der Waals surface area contributed by atoms with Gasteiger partial charge in [-0.15, -0.1) is 0 Å². The Bertz CT molecular complexity index is 434. The van der Waals surface area contributed by atoms with Crippen LogP contribution in [0.25, 0.3) is 0 Å². The standard InChI is InChI=1S/C14H23N3O3/c1-4-6-20-12-8-11(2)16-13(17-12)15-9-14(18-3)5-7-19-10-14/h8H,4-7,9-10H2,1-3H3,(H,15,16,17). The van der Waals surface area contributed by atoms with Crippen molar-refractivity contribution in [1.82, 2.24) is 9.97 Å². The van der Waals surface area contributed by atoms with Gasteiger partial charge in [0.1, 0.15) is 5.60 Å². The minimum Gasteiger partial charge on any atom is -0.478 e. The van der Waals surface area contributed by atoms with Crippen molar-refractivity contribution >= 4 is 5.95 Å². The molecule has 0 aliphatic carbocycles. The van der Waals surface area contributed by atoms with Crippen LogP contribution >= 0.6 is 0 Å². The van der Waals surface area contributed by atoms with Crippen molar-refractivity contribution in [2.45, 2.75) is 32.3 Å². The molecule has 2 heterocycles. The number of ether oxygens (including phenoxy) is 3. The molecule has 0 amide bonds. The summed E-state index contributed by atoms with van der Waals surface area (Å²) in [4.78, 5) is 8.73. The Balaban J connectivity index is 1.99. The topological polar surface area (TPSA) is 65.5 Å². The predicted octanol–water partition coefficient (Wildman–Crippen LogP) is 1.79. The first-order chi connectivity index (χ1) is 9.67. The highest BCUT2D eigenvalue weighted by Crippen LogP contribution is 2.23. The Kier molecular flexibility index (Phi) is 5.14. The summed E-state index contributed by atoms with van der Waals surface area (Å²) in [6.07, 6.45) is 1.83. The summed E-state index contributed by atoms with van der Waals surface area (Å²) in [7, 11) is 1.71. The number of nitrogens with zero attached hydrogens (tertiary/aromatic N) is 2. The SMILES string of the molecule is CCCOc1cc(C)nc(NCC2(OC)CCOC2)n1. The van der Waals surface area contributed by atoms with Gasteiger partial charge in [-0.25, -0.2) is 4.98 Å². The second-order valence-electron chi connectivity index (χ2n) is 5.06. The molecule has 1 aromatic heterocycles. The maximum Gasteiger partial charge on any atom is 0.226 e. The van der Waals surface area contributed by atoms with E-state index in [-0.39, 0.29) is 5.60 Å². The third-order valence-electron chi connectivity index (χ3n) is 3.35. The number of anilines is 1. The van der Waals surface area contributed by atoms with E-state index >= 15 is 0 Å². The number of aryl methyl sites for hydroxylation is 1. The Hall–Kier alpha value is -1.40. The van der Waals surface area contributed by atoms with Crippen molar-refractivity contribution in [3.05, 3.63) is 11.8 Å². The minimum absolute atomic E-state index is 0.280. The van der Waals surface area contributed by atoms with Gasteiger partial charge >= 0.3 is 0 Å². The van der Waals surface area contributed by atoms with Gasteiger partial charge < -0.3 is 19.5 Å². The van der Waals surface area contributed by atoms with Crippen molar-refractivity contribution in [1.29, 1.82) is 0 Å².